The minimum absolute atomic E-state index is 0.131. The molecule has 0 aliphatic carbocycles. The Kier molecular flexibility index (Phi) is 5.73. The van der Waals surface area contributed by atoms with E-state index in [9.17, 15) is 8.42 Å². The number of nitrogens with zero attached hydrogens (tertiary/aromatic N) is 1. The monoisotopic (exact) mass is 361 g/mol. The molecule has 1 aliphatic heterocycles. The van der Waals surface area contributed by atoms with Gasteiger partial charge in [-0.05, 0) is 43.2 Å². The Balaban J connectivity index is 1.71. The fourth-order valence-electron chi connectivity index (χ4n) is 2.93. The first kappa shape index (κ1) is 17.9. The summed E-state index contributed by atoms with van der Waals surface area (Å²) in [6, 6.07) is 16.6. The molecule has 6 heteroatoms. The maximum atomic E-state index is 12.9. The highest BCUT2D eigenvalue weighted by Gasteiger charge is 2.30. The van der Waals surface area contributed by atoms with Crippen LogP contribution in [-0.4, -0.2) is 45.1 Å². The Morgan fingerprint density at radius 1 is 1.12 bits per heavy atom. The van der Waals surface area contributed by atoms with Gasteiger partial charge in [0.15, 0.2) is 0 Å². The fraction of sp³-hybridized carbons (Fsp3) is 0.368. The Labute approximate surface area is 149 Å². The zero-order valence-corrected chi connectivity index (χ0v) is 15.1. The van der Waals surface area contributed by atoms with Crippen LogP contribution in [0.15, 0.2) is 59.5 Å². The lowest BCUT2D eigenvalue weighted by Crippen LogP contribution is -2.46. The van der Waals surface area contributed by atoms with E-state index in [1.807, 2.05) is 37.3 Å². The standard InChI is InChI=1S/C19H23NO4S/c1-2-23-17-8-10-19(11-9-17)25(21,22)20-12-13-24-18(15-20)14-16-6-4-3-5-7-16/h3-11,18H,2,12-15H2,1H3. The van der Waals surface area contributed by atoms with Gasteiger partial charge in [-0.1, -0.05) is 30.3 Å². The molecular formula is C19H23NO4S. The summed E-state index contributed by atoms with van der Waals surface area (Å²) < 4.78 is 38.4. The molecule has 3 rings (SSSR count). The molecule has 134 valence electrons. The third-order valence-electron chi connectivity index (χ3n) is 4.18. The van der Waals surface area contributed by atoms with E-state index in [1.165, 1.54) is 4.31 Å². The van der Waals surface area contributed by atoms with Gasteiger partial charge in [0.1, 0.15) is 5.75 Å². The molecule has 1 aliphatic rings. The van der Waals surface area contributed by atoms with E-state index in [-0.39, 0.29) is 11.0 Å². The van der Waals surface area contributed by atoms with Crippen LogP contribution in [0.4, 0.5) is 0 Å². The molecule has 5 nitrogen and oxygen atoms in total. The molecule has 0 aromatic heterocycles. The van der Waals surface area contributed by atoms with E-state index in [0.717, 1.165) is 5.56 Å². The average molecular weight is 361 g/mol. The van der Waals surface area contributed by atoms with Crippen molar-refractivity contribution in [1.82, 2.24) is 4.31 Å². The van der Waals surface area contributed by atoms with Crippen LogP contribution in [0.25, 0.3) is 0 Å². The normalized spacial score (nSPS) is 18.8. The van der Waals surface area contributed by atoms with Gasteiger partial charge in [0.05, 0.1) is 24.2 Å². The smallest absolute Gasteiger partial charge is 0.243 e. The number of hydrogen-bond donors (Lipinski definition) is 0. The predicted octanol–water partition coefficient (Wildman–Crippen LogP) is 2.72. The summed E-state index contributed by atoms with van der Waals surface area (Å²) in [5, 5.41) is 0. The van der Waals surface area contributed by atoms with Crippen molar-refractivity contribution in [2.24, 2.45) is 0 Å². The molecule has 1 fully saturated rings. The molecule has 1 unspecified atom stereocenters. The van der Waals surface area contributed by atoms with E-state index in [4.69, 9.17) is 9.47 Å². The molecule has 0 N–H and O–H groups in total. The minimum atomic E-state index is -3.52. The topological polar surface area (TPSA) is 55.8 Å². The first-order valence-corrected chi connectivity index (χ1v) is 9.92. The van der Waals surface area contributed by atoms with Crippen molar-refractivity contribution in [3.63, 3.8) is 0 Å². The molecule has 1 saturated heterocycles. The molecule has 0 saturated carbocycles. The van der Waals surface area contributed by atoms with Crippen molar-refractivity contribution in [3.8, 4) is 5.75 Å². The molecule has 0 spiro atoms. The molecule has 0 amide bonds. The molecule has 0 bridgehead atoms. The number of benzene rings is 2. The van der Waals surface area contributed by atoms with Gasteiger partial charge in [0.2, 0.25) is 10.0 Å². The number of ether oxygens (including phenoxy) is 2. The summed E-state index contributed by atoms with van der Waals surface area (Å²) in [5.74, 6) is 0.672. The van der Waals surface area contributed by atoms with Crippen molar-refractivity contribution in [1.29, 1.82) is 0 Å². The van der Waals surface area contributed by atoms with Gasteiger partial charge in [-0.25, -0.2) is 8.42 Å². The van der Waals surface area contributed by atoms with Gasteiger partial charge >= 0.3 is 0 Å². The number of rotatable bonds is 6. The van der Waals surface area contributed by atoms with Crippen LogP contribution < -0.4 is 4.74 Å². The Morgan fingerprint density at radius 3 is 2.52 bits per heavy atom. The fourth-order valence-corrected chi connectivity index (χ4v) is 4.39. The Morgan fingerprint density at radius 2 is 1.84 bits per heavy atom. The lowest BCUT2D eigenvalue weighted by atomic mass is 10.1. The molecule has 1 heterocycles. The van der Waals surface area contributed by atoms with Crippen LogP contribution in [0.2, 0.25) is 0 Å². The largest absolute Gasteiger partial charge is 0.494 e. The van der Waals surface area contributed by atoms with Crippen molar-refractivity contribution in [3.05, 3.63) is 60.2 Å². The summed E-state index contributed by atoms with van der Waals surface area (Å²) in [5.41, 5.74) is 1.15. The van der Waals surface area contributed by atoms with Crippen molar-refractivity contribution >= 4 is 10.0 Å². The second-order valence-electron chi connectivity index (χ2n) is 5.95. The highest BCUT2D eigenvalue weighted by Crippen LogP contribution is 2.22. The molecular weight excluding hydrogens is 338 g/mol. The Hall–Kier alpha value is -1.89. The van der Waals surface area contributed by atoms with E-state index < -0.39 is 10.0 Å². The van der Waals surface area contributed by atoms with E-state index in [1.54, 1.807) is 24.3 Å². The third-order valence-corrected chi connectivity index (χ3v) is 6.06. The van der Waals surface area contributed by atoms with Crippen LogP contribution in [0, 0.1) is 0 Å². The van der Waals surface area contributed by atoms with Crippen molar-refractivity contribution in [2.45, 2.75) is 24.3 Å². The summed E-state index contributed by atoms with van der Waals surface area (Å²) in [4.78, 5) is 0.288. The van der Waals surface area contributed by atoms with Gasteiger partial charge in [-0.3, -0.25) is 0 Å². The van der Waals surface area contributed by atoms with Gasteiger partial charge in [0, 0.05) is 13.1 Å². The van der Waals surface area contributed by atoms with Crippen LogP contribution in [0.5, 0.6) is 5.75 Å². The number of hydrogen-bond acceptors (Lipinski definition) is 4. The minimum Gasteiger partial charge on any atom is -0.494 e. The van der Waals surface area contributed by atoms with E-state index in [2.05, 4.69) is 0 Å². The van der Waals surface area contributed by atoms with Crippen LogP contribution >= 0.6 is 0 Å². The summed E-state index contributed by atoms with van der Waals surface area (Å²) >= 11 is 0. The van der Waals surface area contributed by atoms with Gasteiger partial charge < -0.3 is 9.47 Å². The highest BCUT2D eigenvalue weighted by atomic mass is 32.2. The molecule has 2 aromatic carbocycles. The second-order valence-corrected chi connectivity index (χ2v) is 7.89. The van der Waals surface area contributed by atoms with Crippen LogP contribution in [-0.2, 0) is 21.2 Å². The van der Waals surface area contributed by atoms with Gasteiger partial charge in [-0.2, -0.15) is 4.31 Å². The number of sulfonamides is 1. The van der Waals surface area contributed by atoms with E-state index in [0.29, 0.717) is 38.5 Å². The molecule has 25 heavy (non-hydrogen) atoms. The number of morpholine rings is 1. The third kappa shape index (κ3) is 4.39. The van der Waals surface area contributed by atoms with Gasteiger partial charge in [-0.15, -0.1) is 0 Å². The maximum absolute atomic E-state index is 12.9. The zero-order valence-electron chi connectivity index (χ0n) is 14.3. The lowest BCUT2D eigenvalue weighted by molar-refractivity contribution is -0.000495. The Bertz CT molecular complexity index is 775. The zero-order chi connectivity index (χ0) is 17.7. The summed E-state index contributed by atoms with van der Waals surface area (Å²) in [7, 11) is -3.52. The quantitative estimate of drug-likeness (QED) is 0.794. The van der Waals surface area contributed by atoms with Crippen LogP contribution in [0.3, 0.4) is 0 Å². The summed E-state index contributed by atoms with van der Waals surface area (Å²) in [6.07, 6.45) is 0.574. The first-order valence-electron chi connectivity index (χ1n) is 8.48. The average Bonchev–Trinajstić information content (AvgIpc) is 2.64. The highest BCUT2D eigenvalue weighted by molar-refractivity contribution is 7.89. The lowest BCUT2D eigenvalue weighted by Gasteiger charge is -2.32. The predicted molar refractivity (Wildman–Crippen MR) is 96.3 cm³/mol. The van der Waals surface area contributed by atoms with E-state index >= 15 is 0 Å². The van der Waals surface area contributed by atoms with Crippen LogP contribution in [0.1, 0.15) is 12.5 Å². The molecule has 0 radical (unpaired) electrons. The second kappa shape index (κ2) is 7.99. The van der Waals surface area contributed by atoms with Gasteiger partial charge in [0.25, 0.3) is 0 Å². The summed E-state index contributed by atoms with van der Waals surface area (Å²) in [6.45, 7) is 3.60. The SMILES string of the molecule is CCOc1ccc(S(=O)(=O)N2CCOC(Cc3ccccc3)C2)cc1. The van der Waals surface area contributed by atoms with Crippen molar-refractivity contribution < 1.29 is 17.9 Å². The maximum Gasteiger partial charge on any atom is 0.243 e. The molecule has 2 aromatic rings. The first-order chi connectivity index (χ1) is 12.1. The molecule has 1 atom stereocenters. The van der Waals surface area contributed by atoms with Crippen molar-refractivity contribution in [2.75, 3.05) is 26.3 Å².